The number of anilines is 2. The lowest BCUT2D eigenvalue weighted by Gasteiger charge is -2.23. The highest BCUT2D eigenvalue weighted by molar-refractivity contribution is 5.84. The molecular formula is C29H36N8O. The highest BCUT2D eigenvalue weighted by atomic mass is 16.5. The van der Waals surface area contributed by atoms with Crippen LogP contribution in [0.2, 0.25) is 0 Å². The van der Waals surface area contributed by atoms with Gasteiger partial charge in [-0.25, -0.2) is 4.98 Å². The van der Waals surface area contributed by atoms with E-state index in [1.54, 1.807) is 7.11 Å². The van der Waals surface area contributed by atoms with Gasteiger partial charge in [0.15, 0.2) is 17.0 Å². The SMILES string of the molecule is COc1ccccc1-c1ccc(CNc2nc(NCC3CCNCC3)nc3c2ncn3C2CCCC2)cn1. The van der Waals surface area contributed by atoms with Crippen molar-refractivity contribution in [1.82, 2.24) is 29.8 Å². The van der Waals surface area contributed by atoms with E-state index in [1.807, 2.05) is 42.9 Å². The van der Waals surface area contributed by atoms with E-state index >= 15 is 0 Å². The van der Waals surface area contributed by atoms with Gasteiger partial charge in [0.1, 0.15) is 5.75 Å². The summed E-state index contributed by atoms with van der Waals surface area (Å²) in [6.45, 7) is 3.64. The molecular weight excluding hydrogens is 476 g/mol. The van der Waals surface area contributed by atoms with Gasteiger partial charge < -0.3 is 25.3 Å². The first-order valence-corrected chi connectivity index (χ1v) is 13.8. The van der Waals surface area contributed by atoms with Crippen LogP contribution < -0.4 is 20.7 Å². The minimum atomic E-state index is 0.465. The summed E-state index contributed by atoms with van der Waals surface area (Å²) in [6.07, 6.45) is 11.1. The summed E-state index contributed by atoms with van der Waals surface area (Å²) in [5.74, 6) is 2.88. The lowest BCUT2D eigenvalue weighted by molar-refractivity contribution is 0.389. The number of methoxy groups -OCH3 is 1. The van der Waals surface area contributed by atoms with Crippen molar-refractivity contribution in [3.8, 4) is 17.0 Å². The number of nitrogens with zero attached hydrogens (tertiary/aromatic N) is 5. The zero-order valence-electron chi connectivity index (χ0n) is 22.0. The van der Waals surface area contributed by atoms with Gasteiger partial charge in [-0.2, -0.15) is 9.97 Å². The number of nitrogens with one attached hydrogen (secondary N) is 3. The lowest BCUT2D eigenvalue weighted by Crippen LogP contribution is -2.31. The van der Waals surface area contributed by atoms with Gasteiger partial charge in [0.05, 0.1) is 19.1 Å². The second-order valence-electron chi connectivity index (χ2n) is 10.3. The first-order chi connectivity index (χ1) is 18.8. The highest BCUT2D eigenvalue weighted by Crippen LogP contribution is 2.33. The van der Waals surface area contributed by atoms with E-state index in [9.17, 15) is 0 Å². The molecule has 38 heavy (non-hydrogen) atoms. The van der Waals surface area contributed by atoms with Crippen molar-refractivity contribution >= 4 is 22.9 Å². The van der Waals surface area contributed by atoms with E-state index in [1.165, 1.54) is 38.5 Å². The number of benzene rings is 1. The molecule has 1 aliphatic heterocycles. The highest BCUT2D eigenvalue weighted by Gasteiger charge is 2.22. The molecule has 0 radical (unpaired) electrons. The lowest BCUT2D eigenvalue weighted by atomic mass is 9.98. The molecule has 0 atom stereocenters. The van der Waals surface area contributed by atoms with Gasteiger partial charge in [-0.15, -0.1) is 0 Å². The van der Waals surface area contributed by atoms with Crippen LogP contribution in [0.3, 0.4) is 0 Å². The average molecular weight is 513 g/mol. The number of hydrogen-bond donors (Lipinski definition) is 3. The number of rotatable bonds is 9. The van der Waals surface area contributed by atoms with Gasteiger partial charge in [0.2, 0.25) is 5.95 Å². The summed E-state index contributed by atoms with van der Waals surface area (Å²) in [4.78, 5) is 19.3. The van der Waals surface area contributed by atoms with Crippen molar-refractivity contribution in [1.29, 1.82) is 0 Å². The van der Waals surface area contributed by atoms with Gasteiger partial charge >= 0.3 is 0 Å². The van der Waals surface area contributed by atoms with Crippen molar-refractivity contribution in [2.75, 3.05) is 37.4 Å². The molecule has 0 spiro atoms. The van der Waals surface area contributed by atoms with Crippen LogP contribution in [0, 0.1) is 5.92 Å². The van der Waals surface area contributed by atoms with Crippen molar-refractivity contribution in [2.24, 2.45) is 5.92 Å². The largest absolute Gasteiger partial charge is 0.496 e. The Labute approximate surface area is 223 Å². The van der Waals surface area contributed by atoms with Crippen LogP contribution in [-0.2, 0) is 6.54 Å². The maximum Gasteiger partial charge on any atom is 0.226 e. The third kappa shape index (κ3) is 5.29. The number of ether oxygens (including phenoxy) is 1. The Kier molecular flexibility index (Phi) is 7.35. The van der Waals surface area contributed by atoms with Crippen LogP contribution in [-0.4, -0.2) is 51.2 Å². The molecule has 2 fully saturated rings. The van der Waals surface area contributed by atoms with Crippen molar-refractivity contribution in [3.63, 3.8) is 0 Å². The molecule has 0 bridgehead atoms. The molecule has 9 heteroatoms. The van der Waals surface area contributed by atoms with Crippen molar-refractivity contribution in [3.05, 3.63) is 54.5 Å². The maximum absolute atomic E-state index is 5.50. The molecule has 1 aliphatic carbocycles. The smallest absolute Gasteiger partial charge is 0.226 e. The minimum Gasteiger partial charge on any atom is -0.496 e. The Morgan fingerprint density at radius 3 is 2.61 bits per heavy atom. The van der Waals surface area contributed by atoms with Crippen LogP contribution in [0.25, 0.3) is 22.4 Å². The molecule has 1 aromatic carbocycles. The molecule has 3 aromatic heterocycles. The molecule has 1 saturated heterocycles. The summed E-state index contributed by atoms with van der Waals surface area (Å²) in [5.41, 5.74) is 4.66. The Morgan fingerprint density at radius 2 is 1.82 bits per heavy atom. The van der Waals surface area contributed by atoms with Crippen LogP contribution in [0.1, 0.15) is 50.1 Å². The summed E-state index contributed by atoms with van der Waals surface area (Å²) >= 11 is 0. The van der Waals surface area contributed by atoms with Crippen molar-refractivity contribution < 1.29 is 4.74 Å². The second kappa shape index (κ2) is 11.3. The predicted molar refractivity (Wildman–Crippen MR) is 150 cm³/mol. The monoisotopic (exact) mass is 512 g/mol. The summed E-state index contributed by atoms with van der Waals surface area (Å²) in [6, 6.07) is 12.5. The van der Waals surface area contributed by atoms with Crippen LogP contribution in [0.4, 0.5) is 11.8 Å². The van der Waals surface area contributed by atoms with E-state index in [2.05, 4.69) is 26.6 Å². The minimum absolute atomic E-state index is 0.465. The number of aromatic nitrogens is 5. The van der Waals surface area contributed by atoms with Gasteiger partial charge in [-0.05, 0) is 68.5 Å². The molecule has 1 saturated carbocycles. The van der Waals surface area contributed by atoms with Crippen LogP contribution in [0.15, 0.2) is 48.9 Å². The third-order valence-corrected chi connectivity index (χ3v) is 7.81. The molecule has 0 amide bonds. The molecule has 2 aliphatic rings. The van der Waals surface area contributed by atoms with E-state index in [4.69, 9.17) is 24.7 Å². The third-order valence-electron chi connectivity index (χ3n) is 7.81. The molecule has 4 aromatic rings. The van der Waals surface area contributed by atoms with E-state index in [0.29, 0.717) is 24.5 Å². The van der Waals surface area contributed by atoms with Gasteiger partial charge in [0.25, 0.3) is 0 Å². The Bertz CT molecular complexity index is 1360. The molecule has 3 N–H and O–H groups in total. The average Bonchev–Trinajstić information content (AvgIpc) is 3.66. The molecule has 4 heterocycles. The predicted octanol–water partition coefficient (Wildman–Crippen LogP) is 5.04. The van der Waals surface area contributed by atoms with Crippen LogP contribution >= 0.6 is 0 Å². The quantitative estimate of drug-likeness (QED) is 0.287. The maximum atomic E-state index is 5.50. The van der Waals surface area contributed by atoms with E-state index in [0.717, 1.165) is 59.2 Å². The summed E-state index contributed by atoms with van der Waals surface area (Å²) in [5, 5.41) is 10.5. The number of piperidine rings is 1. The zero-order valence-corrected chi connectivity index (χ0v) is 22.0. The van der Waals surface area contributed by atoms with E-state index in [-0.39, 0.29) is 0 Å². The Hall–Kier alpha value is -3.72. The first kappa shape index (κ1) is 24.6. The molecule has 198 valence electrons. The molecule has 0 unspecified atom stereocenters. The topological polar surface area (TPSA) is 102 Å². The number of imidazole rings is 1. The fourth-order valence-corrected chi connectivity index (χ4v) is 5.62. The number of fused-ring (bicyclic) bond motifs is 1. The second-order valence-corrected chi connectivity index (χ2v) is 10.3. The number of hydrogen-bond acceptors (Lipinski definition) is 8. The Balaban J connectivity index is 1.23. The van der Waals surface area contributed by atoms with Crippen molar-refractivity contribution in [2.45, 2.75) is 51.1 Å². The first-order valence-electron chi connectivity index (χ1n) is 13.8. The summed E-state index contributed by atoms with van der Waals surface area (Å²) < 4.78 is 7.76. The standard InChI is InChI=1S/C29H36N8O/c1-38-25-9-5-4-8-23(25)24-11-10-21(17-31-24)18-32-27-26-28(37(19-34-26)22-6-2-3-7-22)36-29(35-27)33-16-20-12-14-30-15-13-20/h4-5,8-11,17,19-20,22,30H,2-3,6-7,12-16,18H2,1H3,(H2,32,33,35,36). The number of para-hydroxylation sites is 1. The van der Waals surface area contributed by atoms with Gasteiger partial charge in [-0.3, -0.25) is 4.98 Å². The van der Waals surface area contributed by atoms with Gasteiger partial charge in [-0.1, -0.05) is 31.0 Å². The molecule has 9 nitrogen and oxygen atoms in total. The normalized spacial score (nSPS) is 16.7. The van der Waals surface area contributed by atoms with Crippen LogP contribution in [0.5, 0.6) is 5.75 Å². The van der Waals surface area contributed by atoms with Gasteiger partial charge in [0, 0.05) is 30.9 Å². The fraction of sp³-hybridized carbons (Fsp3) is 0.448. The zero-order chi connectivity index (χ0) is 25.7. The molecule has 6 rings (SSSR count). The fourth-order valence-electron chi connectivity index (χ4n) is 5.62. The van der Waals surface area contributed by atoms with E-state index < -0.39 is 0 Å². The Morgan fingerprint density at radius 1 is 0.974 bits per heavy atom. The summed E-state index contributed by atoms with van der Waals surface area (Å²) in [7, 11) is 1.68. The number of pyridine rings is 1.